The van der Waals surface area contributed by atoms with Crippen molar-refractivity contribution in [2.24, 2.45) is 0 Å². The maximum absolute atomic E-state index is 11.4. The largest absolute Gasteiger partial charge is 0.494 e. The van der Waals surface area contributed by atoms with Crippen molar-refractivity contribution < 1.29 is 19.2 Å². The van der Waals surface area contributed by atoms with E-state index in [9.17, 15) is 9.59 Å². The van der Waals surface area contributed by atoms with Crippen molar-refractivity contribution >= 4 is 11.9 Å². The molecule has 0 aliphatic heterocycles. The predicted octanol–water partition coefficient (Wildman–Crippen LogP) is 0.298. The summed E-state index contributed by atoms with van der Waals surface area (Å²) >= 11 is 0. The predicted molar refractivity (Wildman–Crippen MR) is 50.0 cm³/mol. The molecule has 0 aliphatic rings. The summed E-state index contributed by atoms with van der Waals surface area (Å²) in [6.45, 7) is 1.18. The van der Waals surface area contributed by atoms with Gasteiger partial charge in [0.05, 0.1) is 7.11 Å². The van der Waals surface area contributed by atoms with E-state index in [1.54, 1.807) is 12.1 Å². The second-order valence-corrected chi connectivity index (χ2v) is 2.58. The summed E-state index contributed by atoms with van der Waals surface area (Å²) in [4.78, 5) is 30.0. The highest BCUT2D eigenvalue weighted by molar-refractivity contribution is 5.94. The van der Waals surface area contributed by atoms with Crippen LogP contribution in [0.15, 0.2) is 18.3 Å². The first-order valence-electron chi connectivity index (χ1n) is 4.12. The number of carbonyl (C=O) groups is 2. The summed E-state index contributed by atoms with van der Waals surface area (Å²) < 4.78 is 4.91. The number of hydrogen-bond donors (Lipinski definition) is 1. The number of methoxy groups -OCH3 is 1. The lowest BCUT2D eigenvalue weighted by Gasteiger charge is -2.06. The Hall–Kier alpha value is -2.11. The van der Waals surface area contributed by atoms with Crippen LogP contribution < -0.4 is 10.2 Å². The summed E-state index contributed by atoms with van der Waals surface area (Å²) in [5, 5.41) is 0. The maximum atomic E-state index is 11.4. The van der Waals surface area contributed by atoms with E-state index in [1.165, 1.54) is 20.2 Å². The van der Waals surface area contributed by atoms with Crippen LogP contribution in [0.1, 0.15) is 17.4 Å². The molecule has 0 spiro atoms. The van der Waals surface area contributed by atoms with E-state index < -0.39 is 11.9 Å². The van der Waals surface area contributed by atoms with Crippen molar-refractivity contribution in [2.45, 2.75) is 6.92 Å². The molecule has 1 aromatic heterocycles. The number of nitrogens with zero attached hydrogens (tertiary/aromatic N) is 1. The van der Waals surface area contributed by atoms with Gasteiger partial charge in [0.25, 0.3) is 0 Å². The van der Waals surface area contributed by atoms with Crippen LogP contribution in [0.5, 0.6) is 5.75 Å². The van der Waals surface area contributed by atoms with Crippen LogP contribution in [0.25, 0.3) is 0 Å². The second kappa shape index (κ2) is 4.94. The number of rotatable bonds is 2. The van der Waals surface area contributed by atoms with Crippen LogP contribution in [0.3, 0.4) is 0 Å². The quantitative estimate of drug-likeness (QED) is 0.710. The van der Waals surface area contributed by atoms with E-state index in [-0.39, 0.29) is 5.69 Å². The number of hydrogen-bond acceptors (Lipinski definition) is 5. The number of carbonyl (C=O) groups excluding carboxylic acids is 2. The monoisotopic (exact) mass is 210 g/mol. The topological polar surface area (TPSA) is 77.5 Å². The Kier molecular flexibility index (Phi) is 3.61. The van der Waals surface area contributed by atoms with Gasteiger partial charge in [-0.3, -0.25) is 9.59 Å². The van der Waals surface area contributed by atoms with Gasteiger partial charge < -0.3 is 9.57 Å². The highest BCUT2D eigenvalue weighted by Gasteiger charge is 2.13. The molecule has 1 amide bonds. The molecule has 1 aromatic rings. The molecular formula is C9H10N2O4. The molecule has 0 aliphatic carbocycles. The lowest BCUT2D eigenvalue weighted by atomic mass is 10.3. The summed E-state index contributed by atoms with van der Waals surface area (Å²) in [7, 11) is 1.42. The van der Waals surface area contributed by atoms with Gasteiger partial charge in [0.1, 0.15) is 5.75 Å². The minimum absolute atomic E-state index is 0.0567. The molecule has 0 saturated carbocycles. The van der Waals surface area contributed by atoms with Crippen LogP contribution in [0.2, 0.25) is 0 Å². The maximum Gasteiger partial charge on any atom is 0.329 e. The van der Waals surface area contributed by atoms with Crippen molar-refractivity contribution in [1.82, 2.24) is 10.5 Å². The number of nitrogens with one attached hydrogen (secondary N) is 1. The number of pyridine rings is 1. The fraction of sp³-hybridized carbons (Fsp3) is 0.222. The lowest BCUT2D eigenvalue weighted by molar-refractivity contribution is -0.146. The average Bonchev–Trinajstić information content (AvgIpc) is 2.25. The van der Waals surface area contributed by atoms with Crippen molar-refractivity contribution in [3.63, 3.8) is 0 Å². The van der Waals surface area contributed by atoms with E-state index in [1.807, 2.05) is 5.48 Å². The van der Waals surface area contributed by atoms with Crippen LogP contribution in [-0.2, 0) is 9.63 Å². The van der Waals surface area contributed by atoms with Gasteiger partial charge in [0, 0.05) is 13.1 Å². The highest BCUT2D eigenvalue weighted by Crippen LogP contribution is 2.13. The highest BCUT2D eigenvalue weighted by atomic mass is 16.7. The van der Waals surface area contributed by atoms with E-state index in [4.69, 9.17) is 4.74 Å². The molecule has 0 aromatic carbocycles. The molecule has 1 heterocycles. The fourth-order valence-corrected chi connectivity index (χ4v) is 0.892. The minimum Gasteiger partial charge on any atom is -0.494 e. The lowest BCUT2D eigenvalue weighted by Crippen LogP contribution is -2.27. The Morgan fingerprint density at radius 1 is 1.47 bits per heavy atom. The van der Waals surface area contributed by atoms with Crippen LogP contribution in [0, 0.1) is 0 Å². The first kappa shape index (κ1) is 11.0. The molecule has 0 radical (unpaired) electrons. The zero-order valence-electron chi connectivity index (χ0n) is 8.31. The minimum atomic E-state index is -0.636. The molecule has 80 valence electrons. The number of hydroxylamine groups is 1. The number of aromatic nitrogens is 1. The van der Waals surface area contributed by atoms with Gasteiger partial charge in [0.15, 0.2) is 5.69 Å². The number of ether oxygens (including phenoxy) is 1. The molecule has 0 atom stereocenters. The SMILES string of the molecule is COc1cccnc1C(=O)NOC(C)=O. The number of amides is 1. The Balaban J connectivity index is 2.77. The molecule has 1 N–H and O–H groups in total. The molecule has 1 rings (SSSR count). The van der Waals surface area contributed by atoms with Crippen molar-refractivity contribution in [3.05, 3.63) is 24.0 Å². The molecule has 0 bridgehead atoms. The summed E-state index contributed by atoms with van der Waals surface area (Å²) in [6.07, 6.45) is 1.44. The van der Waals surface area contributed by atoms with E-state index >= 15 is 0 Å². The Bertz CT molecular complexity index is 378. The zero-order valence-corrected chi connectivity index (χ0v) is 8.31. The normalized spacial score (nSPS) is 9.20. The van der Waals surface area contributed by atoms with Gasteiger partial charge in [0.2, 0.25) is 0 Å². The standard InChI is InChI=1S/C9H10N2O4/c1-6(12)15-11-9(13)8-7(14-2)4-3-5-10-8/h3-5H,1-2H3,(H,11,13). The van der Waals surface area contributed by atoms with Crippen LogP contribution >= 0.6 is 0 Å². The smallest absolute Gasteiger partial charge is 0.329 e. The molecular weight excluding hydrogens is 200 g/mol. The third-order valence-electron chi connectivity index (χ3n) is 1.49. The summed E-state index contributed by atoms with van der Waals surface area (Å²) in [5.74, 6) is -0.942. The molecule has 15 heavy (non-hydrogen) atoms. The Labute approximate surface area is 86.2 Å². The molecule has 0 fully saturated rings. The van der Waals surface area contributed by atoms with E-state index in [0.29, 0.717) is 5.75 Å². The Morgan fingerprint density at radius 3 is 2.80 bits per heavy atom. The third-order valence-corrected chi connectivity index (χ3v) is 1.49. The van der Waals surface area contributed by atoms with Crippen LogP contribution in [0.4, 0.5) is 0 Å². The molecule has 0 saturated heterocycles. The average molecular weight is 210 g/mol. The third kappa shape index (κ3) is 2.94. The van der Waals surface area contributed by atoms with Gasteiger partial charge in [-0.2, -0.15) is 5.48 Å². The second-order valence-electron chi connectivity index (χ2n) is 2.58. The fourth-order valence-electron chi connectivity index (χ4n) is 0.892. The van der Waals surface area contributed by atoms with Crippen molar-refractivity contribution in [3.8, 4) is 5.75 Å². The Morgan fingerprint density at radius 2 is 2.20 bits per heavy atom. The van der Waals surface area contributed by atoms with Gasteiger partial charge in [-0.15, -0.1) is 0 Å². The molecule has 0 unspecified atom stereocenters. The molecule has 6 heteroatoms. The van der Waals surface area contributed by atoms with Crippen LogP contribution in [-0.4, -0.2) is 24.0 Å². The first-order valence-corrected chi connectivity index (χ1v) is 4.12. The van der Waals surface area contributed by atoms with Crippen molar-refractivity contribution in [1.29, 1.82) is 0 Å². The van der Waals surface area contributed by atoms with Gasteiger partial charge >= 0.3 is 11.9 Å². The van der Waals surface area contributed by atoms with E-state index in [2.05, 4.69) is 9.82 Å². The summed E-state index contributed by atoms with van der Waals surface area (Å²) in [5.41, 5.74) is 2.00. The van der Waals surface area contributed by atoms with E-state index in [0.717, 1.165) is 0 Å². The van der Waals surface area contributed by atoms with Gasteiger partial charge in [-0.25, -0.2) is 4.98 Å². The first-order chi connectivity index (χ1) is 7.15. The van der Waals surface area contributed by atoms with Gasteiger partial charge in [-0.1, -0.05) is 0 Å². The van der Waals surface area contributed by atoms with Gasteiger partial charge in [-0.05, 0) is 12.1 Å². The molecule has 6 nitrogen and oxygen atoms in total. The summed E-state index contributed by atoms with van der Waals surface area (Å²) in [6, 6.07) is 3.21. The zero-order chi connectivity index (χ0) is 11.3. The van der Waals surface area contributed by atoms with Crippen molar-refractivity contribution in [2.75, 3.05) is 7.11 Å².